The number of likely N-dealkylation sites (tertiary alicyclic amines) is 1. The van der Waals surface area contributed by atoms with Crippen LogP contribution in [0.25, 0.3) is 0 Å². The molecule has 4 nitrogen and oxygen atoms in total. The largest absolute Gasteiger partial charge is 0.465 e. The molecule has 1 aliphatic heterocycles. The van der Waals surface area contributed by atoms with Crippen molar-refractivity contribution in [2.24, 2.45) is 5.92 Å². The first-order valence-electron chi connectivity index (χ1n) is 10.5. The third kappa shape index (κ3) is 5.90. The topological polar surface area (TPSA) is 43.4 Å². The molecule has 1 fully saturated rings. The summed E-state index contributed by atoms with van der Waals surface area (Å²) in [5.74, 6) is 0.138. The van der Waals surface area contributed by atoms with Crippen LogP contribution in [0.2, 0.25) is 0 Å². The number of piperidine rings is 1. The van der Waals surface area contributed by atoms with Crippen LogP contribution >= 0.6 is 0 Å². The van der Waals surface area contributed by atoms with Crippen molar-refractivity contribution in [3.8, 4) is 0 Å². The Morgan fingerprint density at radius 3 is 2.52 bits per heavy atom. The highest BCUT2D eigenvalue weighted by atomic mass is 16.5. The molecule has 4 heteroatoms. The van der Waals surface area contributed by atoms with Crippen LogP contribution in [0.15, 0.2) is 18.2 Å². The number of quaternary nitrogens is 1. The number of ether oxygens (including phenoxy) is 1. The van der Waals surface area contributed by atoms with Crippen LogP contribution in [0.4, 0.5) is 0 Å². The number of nitrogens with zero attached hydrogens (tertiary/aromatic N) is 1. The Morgan fingerprint density at radius 1 is 1.19 bits per heavy atom. The fourth-order valence-corrected chi connectivity index (χ4v) is 4.25. The SMILES string of the molecule is CCCCOC(=O)C1CCC[N+](CC)(CC(=O)Cc2c(C)cccc2C)C1. The zero-order valence-corrected chi connectivity index (χ0v) is 17.6. The lowest BCUT2D eigenvalue weighted by atomic mass is 9.93. The molecule has 1 aliphatic rings. The van der Waals surface area contributed by atoms with E-state index in [2.05, 4.69) is 39.8 Å². The number of unbranched alkanes of at least 4 members (excludes halogenated alkanes) is 1. The summed E-state index contributed by atoms with van der Waals surface area (Å²) >= 11 is 0. The second kappa shape index (κ2) is 10.0. The van der Waals surface area contributed by atoms with Crippen molar-refractivity contribution < 1.29 is 18.8 Å². The van der Waals surface area contributed by atoms with Crippen LogP contribution in [0, 0.1) is 19.8 Å². The Kier molecular flexibility index (Phi) is 8.03. The summed E-state index contributed by atoms with van der Waals surface area (Å²) in [5, 5.41) is 0. The van der Waals surface area contributed by atoms with Crippen molar-refractivity contribution in [2.45, 2.75) is 59.8 Å². The van der Waals surface area contributed by atoms with Gasteiger partial charge in [0.05, 0.1) is 26.2 Å². The van der Waals surface area contributed by atoms with Crippen LogP contribution in [0.3, 0.4) is 0 Å². The lowest BCUT2D eigenvalue weighted by Gasteiger charge is -2.42. The molecule has 0 N–H and O–H groups in total. The van der Waals surface area contributed by atoms with Crippen LogP contribution in [0.1, 0.15) is 56.2 Å². The summed E-state index contributed by atoms with van der Waals surface area (Å²) < 4.78 is 6.18. The highest BCUT2D eigenvalue weighted by Crippen LogP contribution is 2.25. The van der Waals surface area contributed by atoms with Gasteiger partial charge in [-0.2, -0.15) is 0 Å². The second-order valence-electron chi connectivity index (χ2n) is 8.17. The third-order valence-electron chi connectivity index (χ3n) is 6.07. The number of likely N-dealkylation sites (N-methyl/N-ethyl adjacent to an activating group) is 1. The molecule has 0 aromatic heterocycles. The Labute approximate surface area is 164 Å². The van der Waals surface area contributed by atoms with Gasteiger partial charge in [0.15, 0.2) is 5.78 Å². The minimum Gasteiger partial charge on any atom is -0.465 e. The van der Waals surface area contributed by atoms with E-state index in [1.54, 1.807) is 0 Å². The molecule has 1 heterocycles. The van der Waals surface area contributed by atoms with E-state index in [0.29, 0.717) is 19.6 Å². The summed E-state index contributed by atoms with van der Waals surface area (Å²) in [7, 11) is 0. The fraction of sp³-hybridized carbons (Fsp3) is 0.652. The van der Waals surface area contributed by atoms with E-state index in [-0.39, 0.29) is 17.7 Å². The first-order valence-corrected chi connectivity index (χ1v) is 10.5. The molecule has 1 aromatic carbocycles. The summed E-state index contributed by atoms with van der Waals surface area (Å²) in [5.41, 5.74) is 3.52. The molecule has 0 amide bonds. The smallest absolute Gasteiger partial charge is 0.314 e. The summed E-state index contributed by atoms with van der Waals surface area (Å²) in [6.07, 6.45) is 4.30. The van der Waals surface area contributed by atoms with E-state index in [9.17, 15) is 9.59 Å². The quantitative estimate of drug-likeness (QED) is 0.373. The number of rotatable bonds is 9. The highest BCUT2D eigenvalue weighted by Gasteiger charge is 2.39. The molecule has 2 atom stereocenters. The monoisotopic (exact) mass is 374 g/mol. The molecule has 0 spiro atoms. The number of esters is 1. The lowest BCUT2D eigenvalue weighted by Crippen LogP contribution is -2.57. The fourth-order valence-electron chi connectivity index (χ4n) is 4.25. The summed E-state index contributed by atoms with van der Waals surface area (Å²) in [4.78, 5) is 25.3. The number of carbonyl (C=O) groups excluding carboxylic acids is 2. The molecule has 2 rings (SSSR count). The Balaban J connectivity index is 2.01. The molecule has 2 unspecified atom stereocenters. The number of aryl methyl sites for hydroxylation is 2. The van der Waals surface area contributed by atoms with Crippen LogP contribution in [0.5, 0.6) is 0 Å². The highest BCUT2D eigenvalue weighted by molar-refractivity contribution is 5.82. The van der Waals surface area contributed by atoms with Gasteiger partial charge in [-0.3, -0.25) is 9.59 Å². The molecule has 1 aromatic rings. The second-order valence-corrected chi connectivity index (χ2v) is 8.17. The maximum atomic E-state index is 12.9. The van der Waals surface area contributed by atoms with E-state index >= 15 is 0 Å². The molecular formula is C23H36NO3+. The van der Waals surface area contributed by atoms with Crippen LogP contribution in [-0.4, -0.2) is 49.0 Å². The number of benzene rings is 1. The molecule has 0 radical (unpaired) electrons. The van der Waals surface area contributed by atoms with E-state index in [0.717, 1.165) is 55.4 Å². The van der Waals surface area contributed by atoms with Gasteiger partial charge < -0.3 is 9.22 Å². The Hall–Kier alpha value is -1.68. The van der Waals surface area contributed by atoms with Crippen molar-refractivity contribution in [1.82, 2.24) is 0 Å². The van der Waals surface area contributed by atoms with Gasteiger partial charge in [-0.15, -0.1) is 0 Å². The van der Waals surface area contributed by atoms with Crippen molar-refractivity contribution in [3.63, 3.8) is 0 Å². The van der Waals surface area contributed by atoms with E-state index in [1.165, 1.54) is 11.1 Å². The van der Waals surface area contributed by atoms with Gasteiger partial charge in [-0.25, -0.2) is 0 Å². The van der Waals surface area contributed by atoms with E-state index in [1.807, 2.05) is 6.07 Å². The third-order valence-corrected chi connectivity index (χ3v) is 6.07. The average Bonchev–Trinajstić information content (AvgIpc) is 2.65. The van der Waals surface area contributed by atoms with Gasteiger partial charge in [0.1, 0.15) is 12.5 Å². The van der Waals surface area contributed by atoms with Gasteiger partial charge in [-0.05, 0) is 56.7 Å². The molecule has 150 valence electrons. The molecule has 0 aliphatic carbocycles. The van der Waals surface area contributed by atoms with Crippen molar-refractivity contribution in [1.29, 1.82) is 0 Å². The van der Waals surface area contributed by atoms with Gasteiger partial charge in [0.25, 0.3) is 0 Å². The Bertz CT molecular complexity index is 635. The number of ketones is 1. The first kappa shape index (κ1) is 21.6. The Morgan fingerprint density at radius 2 is 1.89 bits per heavy atom. The molecule has 0 saturated carbocycles. The van der Waals surface area contributed by atoms with Gasteiger partial charge >= 0.3 is 5.97 Å². The predicted octanol–water partition coefficient (Wildman–Crippen LogP) is 4.01. The van der Waals surface area contributed by atoms with Gasteiger partial charge in [0.2, 0.25) is 0 Å². The lowest BCUT2D eigenvalue weighted by molar-refractivity contribution is -0.925. The normalized spacial score (nSPS) is 22.4. The standard InChI is InChI=1S/C23H36NO3/c1-5-7-14-27-23(26)20-12-9-13-24(6-2,16-20)17-21(25)15-22-18(3)10-8-11-19(22)4/h8,10-11,20H,5-7,9,12-17H2,1-4H3/q+1. The molecule has 1 saturated heterocycles. The number of Topliss-reactive ketones (excluding diaryl/α,β-unsaturated/α-hetero) is 1. The maximum absolute atomic E-state index is 12.9. The van der Waals surface area contributed by atoms with Crippen LogP contribution < -0.4 is 0 Å². The molecule has 27 heavy (non-hydrogen) atoms. The van der Waals surface area contributed by atoms with E-state index < -0.39 is 0 Å². The van der Waals surface area contributed by atoms with Crippen molar-refractivity contribution in [3.05, 3.63) is 34.9 Å². The van der Waals surface area contributed by atoms with Gasteiger partial charge in [-0.1, -0.05) is 31.5 Å². The molecular weight excluding hydrogens is 338 g/mol. The minimum atomic E-state index is -0.0682. The summed E-state index contributed by atoms with van der Waals surface area (Å²) in [6, 6.07) is 6.18. The zero-order chi connectivity index (χ0) is 19.9. The maximum Gasteiger partial charge on any atom is 0.314 e. The summed E-state index contributed by atoms with van der Waals surface area (Å²) in [6.45, 7) is 12.0. The number of hydrogen-bond donors (Lipinski definition) is 0. The van der Waals surface area contributed by atoms with E-state index in [4.69, 9.17) is 4.74 Å². The average molecular weight is 375 g/mol. The zero-order valence-electron chi connectivity index (χ0n) is 17.6. The predicted molar refractivity (Wildman–Crippen MR) is 109 cm³/mol. The van der Waals surface area contributed by atoms with Crippen molar-refractivity contribution >= 4 is 11.8 Å². The number of carbonyl (C=O) groups is 2. The molecule has 0 bridgehead atoms. The van der Waals surface area contributed by atoms with Crippen molar-refractivity contribution in [2.75, 3.05) is 32.8 Å². The number of hydrogen-bond acceptors (Lipinski definition) is 3. The first-order chi connectivity index (χ1) is 12.9. The van der Waals surface area contributed by atoms with Gasteiger partial charge in [0, 0.05) is 6.42 Å². The van der Waals surface area contributed by atoms with Crippen LogP contribution in [-0.2, 0) is 20.7 Å². The minimum absolute atomic E-state index is 0.0662.